The number of aryl methyl sites for hydroxylation is 4. The molecule has 230 valence electrons. The first kappa shape index (κ1) is 34.6. The minimum absolute atomic E-state index is 0. The van der Waals surface area contributed by atoms with Crippen molar-refractivity contribution in [2.45, 2.75) is 46.5 Å². The molecule has 0 radical (unpaired) electrons. The minimum Gasteiger partial charge on any atom is -0.508 e. The van der Waals surface area contributed by atoms with Gasteiger partial charge in [0.05, 0.1) is 11.4 Å². The van der Waals surface area contributed by atoms with Crippen LogP contribution in [0.3, 0.4) is 0 Å². The van der Waals surface area contributed by atoms with Crippen molar-refractivity contribution in [1.82, 2.24) is 9.97 Å². The number of aromatic hydroxyl groups is 1. The number of aliphatic imine (C=N–C) groups is 2. The molecule has 5 nitrogen and oxygen atoms in total. The number of pyridine rings is 2. The Balaban J connectivity index is 0.00000264. The zero-order valence-corrected chi connectivity index (χ0v) is 27.2. The minimum atomic E-state index is -0.0153. The molecule has 0 fully saturated rings. The van der Waals surface area contributed by atoms with E-state index in [1.165, 1.54) is 11.1 Å². The SMILES string of the molecule is Cc1cc(C(c2ccc(O)cc2)c2cc(C)c(N=CCc3ccccn3)c(C)c2)cc(C)c1N=CCc1ccccn1.[Ni].[Ni]. The Hall–Kier alpha value is -3.91. The first-order chi connectivity index (χ1) is 20.4. The van der Waals surface area contributed by atoms with E-state index >= 15 is 0 Å². The number of phenolic OH excluding ortho intramolecular Hbond substituents is 1. The molecule has 0 unspecified atom stereocenters. The van der Waals surface area contributed by atoms with Crippen molar-refractivity contribution >= 4 is 23.8 Å². The topological polar surface area (TPSA) is 70.7 Å². The molecular formula is C37H36N4Ni2O. The van der Waals surface area contributed by atoms with Crippen LogP contribution in [0.5, 0.6) is 5.75 Å². The maximum absolute atomic E-state index is 10.0. The average Bonchev–Trinajstić information content (AvgIpc) is 2.98. The summed E-state index contributed by atoms with van der Waals surface area (Å²) in [7, 11) is 0. The van der Waals surface area contributed by atoms with Gasteiger partial charge in [0.1, 0.15) is 5.75 Å². The van der Waals surface area contributed by atoms with Gasteiger partial charge < -0.3 is 5.11 Å². The molecule has 7 heteroatoms. The monoisotopic (exact) mass is 668 g/mol. The van der Waals surface area contributed by atoms with Crippen molar-refractivity contribution in [3.63, 3.8) is 0 Å². The molecule has 5 rings (SSSR count). The summed E-state index contributed by atoms with van der Waals surface area (Å²) in [5.74, 6) is 0.242. The summed E-state index contributed by atoms with van der Waals surface area (Å²) >= 11 is 0. The van der Waals surface area contributed by atoms with Crippen LogP contribution in [0.4, 0.5) is 11.4 Å². The number of nitrogens with zero attached hydrogens (tertiary/aromatic N) is 4. The molecule has 3 aromatic carbocycles. The summed E-state index contributed by atoms with van der Waals surface area (Å²) in [4.78, 5) is 18.5. The average molecular weight is 670 g/mol. The van der Waals surface area contributed by atoms with Gasteiger partial charge in [-0.1, -0.05) is 48.5 Å². The van der Waals surface area contributed by atoms with Gasteiger partial charge in [0, 0.05) is 88.0 Å². The van der Waals surface area contributed by atoms with E-state index in [1.54, 1.807) is 12.1 Å². The van der Waals surface area contributed by atoms with Crippen LogP contribution in [0.1, 0.15) is 56.2 Å². The first-order valence-corrected chi connectivity index (χ1v) is 14.2. The molecule has 0 saturated heterocycles. The van der Waals surface area contributed by atoms with Crippen LogP contribution in [-0.4, -0.2) is 27.5 Å². The number of aromatic nitrogens is 2. The third-order valence-corrected chi connectivity index (χ3v) is 7.41. The Labute approximate surface area is 280 Å². The molecule has 0 aliphatic carbocycles. The Kier molecular flexibility index (Phi) is 12.8. The Morgan fingerprint density at radius 3 is 1.36 bits per heavy atom. The Morgan fingerprint density at radius 2 is 1.00 bits per heavy atom. The normalized spacial score (nSPS) is 11.7. The molecular weight excluding hydrogens is 634 g/mol. The number of phenols is 1. The van der Waals surface area contributed by atoms with Gasteiger partial charge in [0.25, 0.3) is 0 Å². The van der Waals surface area contributed by atoms with Crippen LogP contribution in [-0.2, 0) is 45.8 Å². The number of hydrogen-bond acceptors (Lipinski definition) is 5. The van der Waals surface area contributed by atoms with Crippen molar-refractivity contribution in [3.8, 4) is 5.75 Å². The fraction of sp³-hybridized carbons (Fsp3) is 0.189. The molecule has 1 N–H and O–H groups in total. The molecule has 0 spiro atoms. The van der Waals surface area contributed by atoms with Crippen LogP contribution < -0.4 is 0 Å². The zero-order valence-electron chi connectivity index (χ0n) is 25.3. The summed E-state index contributed by atoms with van der Waals surface area (Å²) in [5.41, 5.74) is 11.9. The molecule has 0 amide bonds. The fourth-order valence-corrected chi connectivity index (χ4v) is 5.46. The van der Waals surface area contributed by atoms with Gasteiger partial charge >= 0.3 is 0 Å². The second kappa shape index (κ2) is 16.2. The zero-order chi connectivity index (χ0) is 29.5. The summed E-state index contributed by atoms with van der Waals surface area (Å²) in [6.07, 6.45) is 8.87. The van der Waals surface area contributed by atoms with E-state index in [-0.39, 0.29) is 44.7 Å². The van der Waals surface area contributed by atoms with Crippen LogP contribution in [0.15, 0.2) is 107 Å². The Bertz CT molecular complexity index is 1570. The van der Waals surface area contributed by atoms with Crippen LogP contribution in [0.2, 0.25) is 0 Å². The van der Waals surface area contributed by atoms with Crippen LogP contribution in [0, 0.1) is 27.7 Å². The van der Waals surface area contributed by atoms with Gasteiger partial charge in [0.2, 0.25) is 0 Å². The van der Waals surface area contributed by atoms with E-state index in [0.717, 1.165) is 50.6 Å². The standard InChI is InChI=1S/C37H36N4O.2Ni/c1-25-21-30(22-26(2)36(25)40-19-15-32-9-5-7-17-38-32)35(29-11-13-34(42)14-12-29)31-23-27(3)37(28(4)24-31)41-20-16-33-10-6-8-18-39-33;;/h5-14,17-24,35,42H,15-16H2,1-4H3;;. The third-order valence-electron chi connectivity index (χ3n) is 7.41. The maximum atomic E-state index is 10.0. The summed E-state index contributed by atoms with van der Waals surface area (Å²) in [6, 6.07) is 28.3. The largest absolute Gasteiger partial charge is 0.508 e. The predicted octanol–water partition coefficient (Wildman–Crippen LogP) is 8.48. The number of rotatable bonds is 9. The molecule has 5 aromatic rings. The third kappa shape index (κ3) is 8.59. The van der Waals surface area contributed by atoms with E-state index < -0.39 is 0 Å². The van der Waals surface area contributed by atoms with Gasteiger partial charge in [-0.05, 0) is 103 Å². The van der Waals surface area contributed by atoms with Gasteiger partial charge in [-0.3, -0.25) is 20.0 Å². The fourth-order valence-electron chi connectivity index (χ4n) is 5.46. The van der Waals surface area contributed by atoms with Gasteiger partial charge in [0.15, 0.2) is 0 Å². The van der Waals surface area contributed by atoms with E-state index in [4.69, 9.17) is 9.98 Å². The van der Waals surface area contributed by atoms with Gasteiger partial charge in [-0.2, -0.15) is 0 Å². The molecule has 0 aliphatic rings. The molecule has 0 saturated carbocycles. The van der Waals surface area contributed by atoms with Crippen molar-refractivity contribution in [1.29, 1.82) is 0 Å². The summed E-state index contributed by atoms with van der Waals surface area (Å²) in [6.45, 7) is 8.48. The van der Waals surface area contributed by atoms with Gasteiger partial charge in [-0.25, -0.2) is 0 Å². The van der Waals surface area contributed by atoms with E-state index in [9.17, 15) is 5.11 Å². The quantitative estimate of drug-likeness (QED) is 0.0972. The van der Waals surface area contributed by atoms with Crippen molar-refractivity contribution in [3.05, 3.63) is 148 Å². The van der Waals surface area contributed by atoms with Crippen molar-refractivity contribution in [2.75, 3.05) is 0 Å². The number of hydrogen-bond donors (Lipinski definition) is 1. The number of benzene rings is 3. The van der Waals surface area contributed by atoms with Crippen LogP contribution in [0.25, 0.3) is 0 Å². The van der Waals surface area contributed by atoms with Crippen molar-refractivity contribution in [2.24, 2.45) is 9.98 Å². The molecule has 0 atom stereocenters. The van der Waals surface area contributed by atoms with Crippen molar-refractivity contribution < 1.29 is 38.1 Å². The molecule has 44 heavy (non-hydrogen) atoms. The van der Waals surface area contributed by atoms with E-state index in [0.29, 0.717) is 12.8 Å². The Morgan fingerprint density at radius 1 is 0.591 bits per heavy atom. The molecule has 0 aliphatic heterocycles. The molecule has 2 heterocycles. The van der Waals surface area contributed by atoms with E-state index in [2.05, 4.69) is 61.9 Å². The second-order valence-corrected chi connectivity index (χ2v) is 10.7. The smallest absolute Gasteiger partial charge is 0.115 e. The summed E-state index contributed by atoms with van der Waals surface area (Å²) < 4.78 is 0. The van der Waals surface area contributed by atoms with E-state index in [1.807, 2.05) is 73.4 Å². The molecule has 2 aromatic heterocycles. The second-order valence-electron chi connectivity index (χ2n) is 10.7. The maximum Gasteiger partial charge on any atom is 0.115 e. The van der Waals surface area contributed by atoms with Crippen LogP contribution >= 0.6 is 0 Å². The molecule has 0 bridgehead atoms. The predicted molar refractivity (Wildman–Crippen MR) is 173 cm³/mol. The summed E-state index contributed by atoms with van der Waals surface area (Å²) in [5, 5.41) is 10.0. The van der Waals surface area contributed by atoms with Gasteiger partial charge in [-0.15, -0.1) is 0 Å². The first-order valence-electron chi connectivity index (χ1n) is 14.2.